The summed E-state index contributed by atoms with van der Waals surface area (Å²) in [4.78, 5) is 40.4. The van der Waals surface area contributed by atoms with Crippen LogP contribution in [0.25, 0.3) is 0 Å². The van der Waals surface area contributed by atoms with Gasteiger partial charge in [-0.25, -0.2) is 0 Å². The Balaban J connectivity index is 1.79. The monoisotopic (exact) mass is 549 g/mol. The molecule has 4 rings (SSSR count). The number of amides is 1. The Labute approximate surface area is 240 Å². The Bertz CT molecular complexity index is 1080. The number of carbonyl (C=O) groups excluding carboxylic acids is 3. The van der Waals surface area contributed by atoms with E-state index in [1.54, 1.807) is 0 Å². The van der Waals surface area contributed by atoms with Crippen molar-refractivity contribution in [1.82, 2.24) is 5.32 Å². The summed E-state index contributed by atoms with van der Waals surface area (Å²) in [5.41, 5.74) is 2.01. The number of nitrogens with one attached hydrogen (secondary N) is 1. The first-order valence-corrected chi connectivity index (χ1v) is 15.1. The van der Waals surface area contributed by atoms with Gasteiger partial charge in [-0.3, -0.25) is 14.4 Å². The molecule has 0 aliphatic carbocycles. The fourth-order valence-electron chi connectivity index (χ4n) is 5.31. The minimum absolute atomic E-state index is 0.00860. The van der Waals surface area contributed by atoms with Gasteiger partial charge in [0.25, 0.3) is 0 Å². The van der Waals surface area contributed by atoms with Crippen LogP contribution in [0.3, 0.4) is 0 Å². The summed E-state index contributed by atoms with van der Waals surface area (Å²) in [6.45, 7) is 9.32. The average molecular weight is 550 g/mol. The molecule has 6 nitrogen and oxygen atoms in total. The van der Waals surface area contributed by atoms with Crippen molar-refractivity contribution in [2.45, 2.75) is 91.5 Å². The summed E-state index contributed by atoms with van der Waals surface area (Å²) in [5, 5.41) is 3.10. The zero-order valence-corrected chi connectivity index (χ0v) is 24.7. The van der Waals surface area contributed by atoms with E-state index in [2.05, 4.69) is 26.1 Å². The van der Waals surface area contributed by atoms with Crippen LogP contribution >= 0.6 is 0 Å². The van der Waals surface area contributed by atoms with Gasteiger partial charge < -0.3 is 14.8 Å². The van der Waals surface area contributed by atoms with Crippen LogP contribution in [0.2, 0.25) is 0 Å². The quantitative estimate of drug-likeness (QED) is 0.305. The first-order chi connectivity index (χ1) is 19.3. The second kappa shape index (κ2) is 16.2. The number of Topliss-reactive ketones (excluding diaryl/α,β-unsaturated/α-hetero) is 2. The van der Waals surface area contributed by atoms with E-state index < -0.39 is 12.0 Å². The van der Waals surface area contributed by atoms with Gasteiger partial charge in [-0.15, -0.1) is 0 Å². The van der Waals surface area contributed by atoms with E-state index >= 15 is 0 Å². The number of unbranched alkanes of at least 4 members (excludes halogenated alkanes) is 1. The Kier molecular flexibility index (Phi) is 12.7. The second-order valence-corrected chi connectivity index (χ2v) is 11.4. The standard InChI is InChI=1S/C34H47NO5/c1-5-7-20-39-27-15-10-25(11-16-27)14-19-33(37)31-23-26-12-17-28(18-13-26)40-21-8-9-29(32(36)6-2)30(22-24(3)4)34(38)35-31/h10-13,15-18,24,29-31H,5-9,14,19-23H2,1-4H3,(H,35,38)/t29-,30+,31-/m0/s1. The van der Waals surface area contributed by atoms with Crippen molar-refractivity contribution in [3.05, 3.63) is 59.7 Å². The lowest BCUT2D eigenvalue weighted by atomic mass is 9.78. The predicted molar refractivity (Wildman–Crippen MR) is 159 cm³/mol. The van der Waals surface area contributed by atoms with Crippen molar-refractivity contribution in [3.8, 4) is 11.5 Å². The highest BCUT2D eigenvalue weighted by atomic mass is 16.5. The van der Waals surface area contributed by atoms with Crippen LogP contribution in [-0.4, -0.2) is 36.7 Å². The van der Waals surface area contributed by atoms with Crippen molar-refractivity contribution in [3.63, 3.8) is 0 Å². The molecule has 40 heavy (non-hydrogen) atoms. The molecule has 2 aliphatic rings. The van der Waals surface area contributed by atoms with Crippen LogP contribution in [0.5, 0.6) is 11.5 Å². The SMILES string of the molecule is CCCCOc1ccc(CCC(=O)[C@@H]2Cc3ccc(cc3)OCCC[C@H](C(=O)CC)[C@@H](CC(C)C)C(=O)N2)cc1. The zero-order valence-electron chi connectivity index (χ0n) is 24.7. The van der Waals surface area contributed by atoms with Gasteiger partial charge in [0.15, 0.2) is 5.78 Å². The molecule has 2 heterocycles. The Hall–Kier alpha value is -3.15. The van der Waals surface area contributed by atoms with E-state index in [0.29, 0.717) is 58.2 Å². The normalized spacial score (nSPS) is 19.9. The number of hydrogen-bond donors (Lipinski definition) is 1. The summed E-state index contributed by atoms with van der Waals surface area (Å²) >= 11 is 0. The number of ether oxygens (including phenoxy) is 2. The minimum Gasteiger partial charge on any atom is -0.494 e. The third-order valence-corrected chi connectivity index (χ3v) is 7.66. The van der Waals surface area contributed by atoms with Gasteiger partial charge in [0, 0.05) is 24.7 Å². The molecule has 2 aromatic carbocycles. The molecule has 0 aromatic heterocycles. The maximum absolute atomic E-state index is 13.8. The van der Waals surface area contributed by atoms with Crippen LogP contribution < -0.4 is 14.8 Å². The molecule has 218 valence electrons. The van der Waals surface area contributed by atoms with Gasteiger partial charge in [0.05, 0.1) is 19.3 Å². The lowest BCUT2D eigenvalue weighted by Gasteiger charge is -2.29. The zero-order chi connectivity index (χ0) is 28.9. The van der Waals surface area contributed by atoms with Crippen LogP contribution in [-0.2, 0) is 27.2 Å². The van der Waals surface area contributed by atoms with E-state index in [1.807, 2.05) is 55.5 Å². The first kappa shape index (κ1) is 31.4. The topological polar surface area (TPSA) is 81.7 Å². The van der Waals surface area contributed by atoms with Gasteiger partial charge in [-0.05, 0) is 79.8 Å². The summed E-state index contributed by atoms with van der Waals surface area (Å²) in [6, 6.07) is 15.0. The molecule has 0 saturated heterocycles. The number of carbonyl (C=O) groups is 3. The molecule has 2 aliphatic heterocycles. The third kappa shape index (κ3) is 9.79. The van der Waals surface area contributed by atoms with E-state index in [4.69, 9.17) is 9.47 Å². The van der Waals surface area contributed by atoms with Crippen molar-refractivity contribution >= 4 is 17.5 Å². The van der Waals surface area contributed by atoms with Gasteiger partial charge in [-0.1, -0.05) is 58.4 Å². The molecule has 6 heteroatoms. The number of benzene rings is 2. The molecule has 1 amide bonds. The van der Waals surface area contributed by atoms with E-state index in [1.165, 1.54) is 0 Å². The van der Waals surface area contributed by atoms with Gasteiger partial charge in [0.2, 0.25) is 5.91 Å². The summed E-state index contributed by atoms with van der Waals surface area (Å²) < 4.78 is 11.7. The summed E-state index contributed by atoms with van der Waals surface area (Å²) in [5.74, 6) is 0.899. The molecular weight excluding hydrogens is 502 g/mol. The van der Waals surface area contributed by atoms with Crippen LogP contribution in [0.4, 0.5) is 0 Å². The Morgan fingerprint density at radius 1 is 1.02 bits per heavy atom. The van der Waals surface area contributed by atoms with Crippen molar-refractivity contribution < 1.29 is 23.9 Å². The summed E-state index contributed by atoms with van der Waals surface area (Å²) in [7, 11) is 0. The molecular formula is C34H47NO5. The fraction of sp³-hybridized carbons (Fsp3) is 0.559. The lowest BCUT2D eigenvalue weighted by Crippen LogP contribution is -2.47. The fourth-order valence-corrected chi connectivity index (χ4v) is 5.31. The maximum Gasteiger partial charge on any atom is 0.224 e. The number of rotatable bonds is 12. The average Bonchev–Trinajstić information content (AvgIpc) is 2.95. The van der Waals surface area contributed by atoms with Crippen LogP contribution in [0.15, 0.2) is 48.5 Å². The Morgan fingerprint density at radius 3 is 2.40 bits per heavy atom. The van der Waals surface area contributed by atoms with Crippen molar-refractivity contribution in [1.29, 1.82) is 0 Å². The number of hydrogen-bond acceptors (Lipinski definition) is 5. The molecule has 0 fully saturated rings. The van der Waals surface area contributed by atoms with Crippen molar-refractivity contribution in [2.24, 2.45) is 17.8 Å². The molecule has 3 atom stereocenters. The van der Waals surface area contributed by atoms with Crippen molar-refractivity contribution in [2.75, 3.05) is 13.2 Å². The predicted octanol–water partition coefficient (Wildman–Crippen LogP) is 6.52. The van der Waals surface area contributed by atoms with E-state index in [-0.39, 0.29) is 29.3 Å². The molecule has 1 N–H and O–H groups in total. The highest BCUT2D eigenvalue weighted by molar-refractivity contribution is 5.93. The molecule has 0 radical (unpaired) electrons. The Morgan fingerprint density at radius 2 is 1.75 bits per heavy atom. The van der Waals surface area contributed by atoms with E-state index in [9.17, 15) is 14.4 Å². The molecule has 0 unspecified atom stereocenters. The second-order valence-electron chi connectivity index (χ2n) is 11.4. The highest BCUT2D eigenvalue weighted by Crippen LogP contribution is 2.28. The summed E-state index contributed by atoms with van der Waals surface area (Å²) in [6.07, 6.45) is 5.67. The number of ketones is 2. The molecule has 0 saturated carbocycles. The van der Waals surface area contributed by atoms with Gasteiger partial charge in [0.1, 0.15) is 17.3 Å². The number of aryl methyl sites for hydroxylation is 1. The minimum atomic E-state index is -0.661. The first-order valence-electron chi connectivity index (χ1n) is 15.1. The molecule has 0 spiro atoms. The van der Waals surface area contributed by atoms with Gasteiger partial charge in [-0.2, -0.15) is 0 Å². The highest BCUT2D eigenvalue weighted by Gasteiger charge is 2.35. The largest absolute Gasteiger partial charge is 0.494 e. The smallest absolute Gasteiger partial charge is 0.224 e. The van der Waals surface area contributed by atoms with Gasteiger partial charge >= 0.3 is 0 Å². The molecule has 2 bridgehead atoms. The van der Waals surface area contributed by atoms with Crippen LogP contribution in [0.1, 0.15) is 83.8 Å². The van der Waals surface area contributed by atoms with E-state index in [0.717, 1.165) is 35.5 Å². The molecule has 2 aromatic rings. The van der Waals surface area contributed by atoms with Crippen LogP contribution in [0, 0.1) is 17.8 Å². The maximum atomic E-state index is 13.8. The number of fused-ring (bicyclic) bond motifs is 11. The lowest BCUT2D eigenvalue weighted by molar-refractivity contribution is -0.136. The third-order valence-electron chi connectivity index (χ3n) is 7.66.